The third-order valence-corrected chi connectivity index (χ3v) is 6.85. The highest BCUT2D eigenvalue weighted by Gasteiger charge is 2.17. The topological polar surface area (TPSA) is 134 Å². The molecule has 206 valence electrons. The van der Waals surface area contributed by atoms with Gasteiger partial charge in [0.25, 0.3) is 11.8 Å². The summed E-state index contributed by atoms with van der Waals surface area (Å²) in [6.45, 7) is 0. The highest BCUT2D eigenvalue weighted by atomic mass is 16.5. The van der Waals surface area contributed by atoms with Crippen LogP contribution in [0.15, 0.2) is 108 Å². The smallest absolute Gasteiger partial charge is 0.289 e. The molecule has 0 saturated heterocycles. The van der Waals surface area contributed by atoms with E-state index in [0.717, 1.165) is 33.1 Å². The molecule has 2 amide bonds. The summed E-state index contributed by atoms with van der Waals surface area (Å²) in [5, 5.41) is 8.79. The Labute approximate surface area is 241 Å². The lowest BCUT2D eigenvalue weighted by Gasteiger charge is -2.08. The molecular weight excluding hydrogens is 528 g/mol. The van der Waals surface area contributed by atoms with Crippen molar-refractivity contribution >= 4 is 51.2 Å². The van der Waals surface area contributed by atoms with Gasteiger partial charge in [0, 0.05) is 27.4 Å². The Morgan fingerprint density at radius 2 is 1.62 bits per heavy atom. The van der Waals surface area contributed by atoms with E-state index in [1.807, 2.05) is 48.5 Å². The van der Waals surface area contributed by atoms with Crippen LogP contribution in [0.3, 0.4) is 0 Å². The van der Waals surface area contributed by atoms with Crippen molar-refractivity contribution in [2.75, 3.05) is 18.2 Å². The normalized spacial score (nSPS) is 11.2. The fourth-order valence-electron chi connectivity index (χ4n) is 4.67. The van der Waals surface area contributed by atoms with Gasteiger partial charge in [-0.25, -0.2) is 10.4 Å². The first-order valence-electron chi connectivity index (χ1n) is 13.2. The molecule has 9 heteroatoms. The molecule has 2 heterocycles. The molecule has 0 aliphatic heterocycles. The molecule has 0 saturated carbocycles. The molecule has 0 unspecified atom stereocenters. The number of nitrogens with two attached hydrogens (primary N) is 1. The van der Waals surface area contributed by atoms with Gasteiger partial charge in [-0.1, -0.05) is 42.5 Å². The van der Waals surface area contributed by atoms with E-state index in [1.165, 1.54) is 6.21 Å². The second kappa shape index (κ2) is 11.3. The van der Waals surface area contributed by atoms with E-state index in [-0.39, 0.29) is 11.6 Å². The summed E-state index contributed by atoms with van der Waals surface area (Å²) in [5.74, 6) is -0.00910. The number of anilines is 2. The lowest BCUT2D eigenvalue weighted by atomic mass is 10.1. The molecule has 0 spiro atoms. The molecule has 0 aliphatic carbocycles. The number of rotatable bonds is 7. The zero-order valence-corrected chi connectivity index (χ0v) is 22.6. The minimum Gasteiger partial charge on any atom is -0.497 e. The van der Waals surface area contributed by atoms with Crippen LogP contribution >= 0.6 is 0 Å². The maximum Gasteiger partial charge on any atom is 0.289 e. The first kappa shape index (κ1) is 26.3. The first-order chi connectivity index (χ1) is 20.5. The fraction of sp³-hybridized carbons (Fsp3) is 0.0303. The number of aromatic nitrogens is 2. The van der Waals surface area contributed by atoms with Gasteiger partial charge in [0.15, 0.2) is 0 Å². The minimum atomic E-state index is -0.454. The third-order valence-electron chi connectivity index (χ3n) is 6.85. The molecule has 0 atom stereocenters. The Kier molecular flexibility index (Phi) is 7.05. The van der Waals surface area contributed by atoms with Gasteiger partial charge in [-0.15, -0.1) is 0 Å². The van der Waals surface area contributed by atoms with Crippen LogP contribution in [0.4, 0.5) is 11.4 Å². The largest absolute Gasteiger partial charge is 0.497 e. The van der Waals surface area contributed by atoms with Crippen LogP contribution < -0.4 is 21.2 Å². The molecule has 2 aromatic heterocycles. The Bertz CT molecular complexity index is 1960. The van der Waals surface area contributed by atoms with Crippen molar-refractivity contribution in [3.8, 4) is 17.0 Å². The zero-order chi connectivity index (χ0) is 29.1. The molecule has 0 aliphatic rings. The van der Waals surface area contributed by atoms with Crippen LogP contribution in [-0.2, 0) is 0 Å². The molecule has 0 radical (unpaired) electrons. The van der Waals surface area contributed by atoms with Gasteiger partial charge < -0.3 is 20.8 Å². The molecular formula is C33H26N6O3. The molecule has 5 N–H and O–H groups in total. The number of fused-ring (bicyclic) bond motifs is 3. The monoisotopic (exact) mass is 554 g/mol. The summed E-state index contributed by atoms with van der Waals surface area (Å²) in [6, 6.07) is 31.1. The Balaban J connectivity index is 1.22. The summed E-state index contributed by atoms with van der Waals surface area (Å²) in [4.78, 5) is 33.9. The predicted octanol–water partition coefficient (Wildman–Crippen LogP) is 5.99. The number of hydrogen-bond acceptors (Lipinski definition) is 6. The number of nitrogen functional groups attached to an aromatic ring is 1. The number of hydrogen-bond donors (Lipinski definition) is 4. The number of H-pyrrole nitrogens is 1. The average Bonchev–Trinajstić information content (AvgIpc) is 3.41. The number of pyridine rings is 1. The Morgan fingerprint density at radius 1 is 0.881 bits per heavy atom. The average molecular weight is 555 g/mol. The minimum absolute atomic E-state index is 0.224. The molecule has 42 heavy (non-hydrogen) atoms. The zero-order valence-electron chi connectivity index (χ0n) is 22.6. The third kappa shape index (κ3) is 5.26. The molecule has 6 rings (SSSR count). The van der Waals surface area contributed by atoms with Gasteiger partial charge in [-0.2, -0.15) is 5.10 Å². The van der Waals surface area contributed by atoms with Crippen LogP contribution in [0.2, 0.25) is 0 Å². The van der Waals surface area contributed by atoms with Crippen molar-refractivity contribution in [3.63, 3.8) is 0 Å². The lowest BCUT2D eigenvalue weighted by molar-refractivity contribution is 0.0949. The molecule has 4 aromatic carbocycles. The van der Waals surface area contributed by atoms with Crippen LogP contribution in [0.5, 0.6) is 5.75 Å². The Morgan fingerprint density at radius 3 is 2.38 bits per heavy atom. The number of aromatic amines is 1. The van der Waals surface area contributed by atoms with E-state index in [1.54, 1.807) is 61.7 Å². The second-order valence-electron chi connectivity index (χ2n) is 9.54. The van der Waals surface area contributed by atoms with E-state index in [2.05, 4.69) is 20.8 Å². The number of carbonyl (C=O) groups excluding carboxylic acids is 2. The molecule has 0 fully saturated rings. The highest BCUT2D eigenvalue weighted by Crippen LogP contribution is 2.33. The summed E-state index contributed by atoms with van der Waals surface area (Å²) in [5.41, 5.74) is 14.2. The van der Waals surface area contributed by atoms with Crippen LogP contribution in [0.25, 0.3) is 33.1 Å². The summed E-state index contributed by atoms with van der Waals surface area (Å²) >= 11 is 0. The van der Waals surface area contributed by atoms with Crippen molar-refractivity contribution in [1.82, 2.24) is 15.4 Å². The molecule has 9 nitrogen and oxygen atoms in total. The summed E-state index contributed by atoms with van der Waals surface area (Å²) in [7, 11) is 1.61. The number of hydrazone groups is 1. The summed E-state index contributed by atoms with van der Waals surface area (Å²) in [6.07, 6.45) is 1.50. The number of para-hydroxylation sites is 3. The van der Waals surface area contributed by atoms with Crippen molar-refractivity contribution in [3.05, 3.63) is 120 Å². The predicted molar refractivity (Wildman–Crippen MR) is 166 cm³/mol. The van der Waals surface area contributed by atoms with Gasteiger partial charge in [-0.05, 0) is 66.2 Å². The van der Waals surface area contributed by atoms with Crippen LogP contribution in [-0.4, -0.2) is 35.1 Å². The summed E-state index contributed by atoms with van der Waals surface area (Å²) < 4.78 is 5.30. The van der Waals surface area contributed by atoms with Crippen molar-refractivity contribution < 1.29 is 14.3 Å². The maximum atomic E-state index is 13.2. The van der Waals surface area contributed by atoms with Crippen LogP contribution in [0, 0.1) is 0 Å². The van der Waals surface area contributed by atoms with E-state index in [4.69, 9.17) is 15.5 Å². The van der Waals surface area contributed by atoms with E-state index >= 15 is 0 Å². The van der Waals surface area contributed by atoms with Crippen molar-refractivity contribution in [2.45, 2.75) is 0 Å². The number of benzene rings is 4. The second-order valence-corrected chi connectivity index (χ2v) is 9.54. The standard InChI is InChI=1S/C33H26N6O3/c1-42-23-16-14-21(15-17-23)30-31-25(24-6-2-4-8-27(24)36-31)18-29(37-30)33(41)39-35-19-20-10-12-22(13-11-20)32(40)38-28-9-5-3-7-26(28)34/h2-19,36H,34H2,1H3,(H,38,40)(H,39,41)/b35-19+. The lowest BCUT2D eigenvalue weighted by Crippen LogP contribution is -2.19. The van der Waals surface area contributed by atoms with Crippen molar-refractivity contribution in [2.24, 2.45) is 5.10 Å². The van der Waals surface area contributed by atoms with Crippen LogP contribution in [0.1, 0.15) is 26.4 Å². The number of methoxy groups -OCH3 is 1. The van der Waals surface area contributed by atoms with E-state index < -0.39 is 5.91 Å². The van der Waals surface area contributed by atoms with Gasteiger partial charge in [-0.3, -0.25) is 9.59 Å². The maximum absolute atomic E-state index is 13.2. The fourth-order valence-corrected chi connectivity index (χ4v) is 4.67. The number of carbonyl (C=O) groups is 2. The molecule has 0 bridgehead atoms. The van der Waals surface area contributed by atoms with E-state index in [0.29, 0.717) is 28.2 Å². The Hall–Kier alpha value is -5.96. The number of nitrogens with one attached hydrogen (secondary N) is 3. The van der Waals surface area contributed by atoms with E-state index in [9.17, 15) is 9.59 Å². The quantitative estimate of drug-likeness (QED) is 0.109. The van der Waals surface area contributed by atoms with Crippen molar-refractivity contribution in [1.29, 1.82) is 0 Å². The van der Waals surface area contributed by atoms with Gasteiger partial charge in [0.05, 0.1) is 35.9 Å². The SMILES string of the molecule is COc1ccc(-c2nc(C(=O)N/N=C/c3ccc(C(=O)Nc4ccccc4N)cc3)cc3c2[nH]c2ccccc23)cc1. The highest BCUT2D eigenvalue weighted by molar-refractivity contribution is 6.13. The van der Waals surface area contributed by atoms with Gasteiger partial charge in [0.2, 0.25) is 0 Å². The molecule has 6 aromatic rings. The first-order valence-corrected chi connectivity index (χ1v) is 13.2. The number of ether oxygens (including phenoxy) is 1. The number of nitrogens with zero attached hydrogens (tertiary/aromatic N) is 2. The van der Waals surface area contributed by atoms with Gasteiger partial charge in [0.1, 0.15) is 11.4 Å². The van der Waals surface area contributed by atoms with Gasteiger partial charge >= 0.3 is 0 Å². The number of amides is 2.